The highest BCUT2D eigenvalue weighted by molar-refractivity contribution is 5.81. The molecule has 1 amide bonds. The SMILES string of the molecule is Cc1ccc(C)c(C2NCC(=O)N2CCC(C)C)c1. The number of aryl methyl sites for hydroxylation is 2. The highest BCUT2D eigenvalue weighted by atomic mass is 16.2. The summed E-state index contributed by atoms with van der Waals surface area (Å²) in [5.41, 5.74) is 3.72. The van der Waals surface area contributed by atoms with Crippen molar-refractivity contribution < 1.29 is 4.79 Å². The lowest BCUT2D eigenvalue weighted by atomic mass is 10.0. The van der Waals surface area contributed by atoms with E-state index in [-0.39, 0.29) is 12.1 Å². The molecule has 1 N–H and O–H groups in total. The fraction of sp³-hybridized carbons (Fsp3) is 0.562. The first-order valence-electron chi connectivity index (χ1n) is 7.09. The molecule has 1 unspecified atom stereocenters. The van der Waals surface area contributed by atoms with Gasteiger partial charge in [0.2, 0.25) is 5.91 Å². The van der Waals surface area contributed by atoms with Crippen LogP contribution in [0.2, 0.25) is 0 Å². The molecule has 19 heavy (non-hydrogen) atoms. The van der Waals surface area contributed by atoms with Gasteiger partial charge in [-0.25, -0.2) is 0 Å². The Morgan fingerprint density at radius 2 is 2.11 bits per heavy atom. The molecule has 0 aromatic heterocycles. The number of carbonyl (C=O) groups excluding carboxylic acids is 1. The van der Waals surface area contributed by atoms with E-state index in [1.807, 2.05) is 4.90 Å². The van der Waals surface area contributed by atoms with Crippen molar-refractivity contribution >= 4 is 5.91 Å². The summed E-state index contributed by atoms with van der Waals surface area (Å²) in [7, 11) is 0. The molecule has 0 bridgehead atoms. The maximum Gasteiger partial charge on any atom is 0.238 e. The lowest BCUT2D eigenvalue weighted by molar-refractivity contribution is -0.128. The van der Waals surface area contributed by atoms with Crippen molar-refractivity contribution in [3.8, 4) is 0 Å². The molecule has 3 nitrogen and oxygen atoms in total. The standard InChI is InChI=1S/C16H24N2O/c1-11(2)7-8-18-15(19)10-17-16(18)14-9-12(3)5-6-13(14)4/h5-6,9,11,16-17H,7-8,10H2,1-4H3. The Hall–Kier alpha value is -1.35. The second-order valence-electron chi connectivity index (χ2n) is 5.91. The molecule has 1 saturated heterocycles. The van der Waals surface area contributed by atoms with Crippen LogP contribution in [-0.2, 0) is 4.79 Å². The maximum atomic E-state index is 12.0. The quantitative estimate of drug-likeness (QED) is 0.903. The predicted molar refractivity (Wildman–Crippen MR) is 77.8 cm³/mol. The zero-order valence-electron chi connectivity index (χ0n) is 12.4. The van der Waals surface area contributed by atoms with E-state index in [0.717, 1.165) is 13.0 Å². The summed E-state index contributed by atoms with van der Waals surface area (Å²) < 4.78 is 0. The third-order valence-electron chi connectivity index (χ3n) is 3.76. The van der Waals surface area contributed by atoms with E-state index < -0.39 is 0 Å². The van der Waals surface area contributed by atoms with E-state index in [2.05, 4.69) is 51.2 Å². The van der Waals surface area contributed by atoms with Crippen molar-refractivity contribution in [3.63, 3.8) is 0 Å². The van der Waals surface area contributed by atoms with Gasteiger partial charge >= 0.3 is 0 Å². The molecule has 2 rings (SSSR count). The van der Waals surface area contributed by atoms with Crippen molar-refractivity contribution in [2.75, 3.05) is 13.1 Å². The first-order valence-corrected chi connectivity index (χ1v) is 7.09. The van der Waals surface area contributed by atoms with Gasteiger partial charge in [-0.2, -0.15) is 0 Å². The van der Waals surface area contributed by atoms with E-state index in [9.17, 15) is 4.79 Å². The summed E-state index contributed by atoms with van der Waals surface area (Å²) in [5, 5.41) is 3.34. The van der Waals surface area contributed by atoms with Gasteiger partial charge in [-0.15, -0.1) is 0 Å². The largest absolute Gasteiger partial charge is 0.322 e. The molecule has 0 aliphatic carbocycles. The molecule has 1 aliphatic heterocycles. The normalized spacial score (nSPS) is 19.5. The van der Waals surface area contributed by atoms with Gasteiger partial charge in [0.15, 0.2) is 0 Å². The molecule has 0 spiro atoms. The van der Waals surface area contributed by atoms with Crippen LogP contribution in [0.5, 0.6) is 0 Å². The van der Waals surface area contributed by atoms with Gasteiger partial charge in [-0.1, -0.05) is 37.6 Å². The maximum absolute atomic E-state index is 12.0. The van der Waals surface area contributed by atoms with Gasteiger partial charge in [0.25, 0.3) is 0 Å². The molecule has 1 aromatic rings. The summed E-state index contributed by atoms with van der Waals surface area (Å²) in [4.78, 5) is 14.0. The van der Waals surface area contributed by atoms with Crippen molar-refractivity contribution in [2.45, 2.75) is 40.3 Å². The fourth-order valence-electron chi connectivity index (χ4n) is 2.52. The zero-order chi connectivity index (χ0) is 14.0. The highest BCUT2D eigenvalue weighted by Gasteiger charge is 2.31. The van der Waals surface area contributed by atoms with E-state index >= 15 is 0 Å². The van der Waals surface area contributed by atoms with Crippen molar-refractivity contribution in [3.05, 3.63) is 34.9 Å². The molecule has 1 atom stereocenters. The van der Waals surface area contributed by atoms with Gasteiger partial charge in [0.05, 0.1) is 6.54 Å². The monoisotopic (exact) mass is 260 g/mol. The molecule has 3 heteroatoms. The van der Waals surface area contributed by atoms with Gasteiger partial charge < -0.3 is 4.90 Å². The topological polar surface area (TPSA) is 32.3 Å². The average molecular weight is 260 g/mol. The minimum atomic E-state index is 0.0474. The molecule has 0 radical (unpaired) electrons. The third-order valence-corrected chi connectivity index (χ3v) is 3.76. The molecule has 1 fully saturated rings. The lowest BCUT2D eigenvalue weighted by Gasteiger charge is -2.27. The minimum Gasteiger partial charge on any atom is -0.322 e. The summed E-state index contributed by atoms with van der Waals surface area (Å²) in [6.45, 7) is 9.89. The van der Waals surface area contributed by atoms with E-state index in [4.69, 9.17) is 0 Å². The predicted octanol–water partition coefficient (Wildman–Crippen LogP) is 2.78. The van der Waals surface area contributed by atoms with Crippen LogP contribution in [0, 0.1) is 19.8 Å². The van der Waals surface area contributed by atoms with Crippen molar-refractivity contribution in [2.24, 2.45) is 5.92 Å². The molecule has 1 aromatic carbocycles. The number of nitrogens with zero attached hydrogens (tertiary/aromatic N) is 1. The molecular weight excluding hydrogens is 236 g/mol. The van der Waals surface area contributed by atoms with E-state index in [1.165, 1.54) is 16.7 Å². The number of hydrogen-bond acceptors (Lipinski definition) is 2. The van der Waals surface area contributed by atoms with E-state index in [0.29, 0.717) is 12.5 Å². The molecule has 1 aliphatic rings. The molecule has 0 saturated carbocycles. The Morgan fingerprint density at radius 1 is 1.37 bits per heavy atom. The average Bonchev–Trinajstić information content (AvgIpc) is 2.71. The summed E-state index contributed by atoms with van der Waals surface area (Å²) in [6, 6.07) is 6.44. The minimum absolute atomic E-state index is 0.0474. The van der Waals surface area contributed by atoms with E-state index in [1.54, 1.807) is 0 Å². The van der Waals surface area contributed by atoms with Crippen LogP contribution in [-0.4, -0.2) is 23.9 Å². The first kappa shape index (κ1) is 14.1. The van der Waals surface area contributed by atoms with Crippen LogP contribution in [0.25, 0.3) is 0 Å². The number of amides is 1. The van der Waals surface area contributed by atoms with Crippen molar-refractivity contribution in [1.29, 1.82) is 0 Å². The van der Waals surface area contributed by atoms with Gasteiger partial charge in [0, 0.05) is 6.54 Å². The second kappa shape index (κ2) is 5.74. The molecule has 104 valence electrons. The van der Waals surface area contributed by atoms with Gasteiger partial charge in [-0.3, -0.25) is 10.1 Å². The Labute approximate surface area is 116 Å². The number of hydrogen-bond donors (Lipinski definition) is 1. The van der Waals surface area contributed by atoms with Crippen LogP contribution in [0.1, 0.15) is 43.1 Å². The number of rotatable bonds is 4. The Morgan fingerprint density at radius 3 is 2.79 bits per heavy atom. The lowest BCUT2D eigenvalue weighted by Crippen LogP contribution is -2.32. The summed E-state index contributed by atoms with van der Waals surface area (Å²) >= 11 is 0. The third kappa shape index (κ3) is 3.16. The number of nitrogens with one attached hydrogen (secondary N) is 1. The first-order chi connectivity index (χ1) is 8.99. The Bertz CT molecular complexity index is 468. The Kier molecular flexibility index (Phi) is 4.25. The van der Waals surface area contributed by atoms with Crippen molar-refractivity contribution in [1.82, 2.24) is 10.2 Å². The van der Waals surface area contributed by atoms with Gasteiger partial charge in [-0.05, 0) is 37.3 Å². The fourth-order valence-corrected chi connectivity index (χ4v) is 2.52. The molecule has 1 heterocycles. The summed E-state index contributed by atoms with van der Waals surface area (Å²) in [6.07, 6.45) is 1.10. The van der Waals surface area contributed by atoms with Crippen LogP contribution in [0.15, 0.2) is 18.2 Å². The van der Waals surface area contributed by atoms with Crippen LogP contribution in [0.3, 0.4) is 0 Å². The summed E-state index contributed by atoms with van der Waals surface area (Å²) in [5.74, 6) is 0.833. The number of benzene rings is 1. The number of carbonyl (C=O) groups is 1. The highest BCUT2D eigenvalue weighted by Crippen LogP contribution is 2.26. The van der Waals surface area contributed by atoms with Gasteiger partial charge in [0.1, 0.15) is 6.17 Å². The van der Waals surface area contributed by atoms with Crippen LogP contribution in [0.4, 0.5) is 0 Å². The molecular formula is C16H24N2O. The van der Waals surface area contributed by atoms with Crippen LogP contribution < -0.4 is 5.32 Å². The van der Waals surface area contributed by atoms with Crippen LogP contribution >= 0.6 is 0 Å². The second-order valence-corrected chi connectivity index (χ2v) is 5.91. The zero-order valence-corrected chi connectivity index (χ0v) is 12.4. The smallest absolute Gasteiger partial charge is 0.238 e. The Balaban J connectivity index is 2.22.